The van der Waals surface area contributed by atoms with E-state index in [2.05, 4.69) is 5.32 Å². The second-order valence-electron chi connectivity index (χ2n) is 6.75. The average molecular weight is 311 g/mol. The first-order chi connectivity index (χ1) is 10.4. The number of carboxylic acids is 2. The first kappa shape index (κ1) is 17.0. The van der Waals surface area contributed by atoms with Crippen LogP contribution in [0.25, 0.3) is 0 Å². The minimum Gasteiger partial charge on any atom is -0.478 e. The van der Waals surface area contributed by atoms with Crippen molar-refractivity contribution in [1.29, 1.82) is 0 Å². The van der Waals surface area contributed by atoms with E-state index in [1.165, 1.54) is 32.1 Å². The van der Waals surface area contributed by atoms with Gasteiger partial charge in [0.2, 0.25) is 0 Å². The van der Waals surface area contributed by atoms with Crippen molar-refractivity contribution in [2.75, 3.05) is 13.6 Å². The van der Waals surface area contributed by atoms with Crippen molar-refractivity contribution >= 4 is 11.9 Å². The van der Waals surface area contributed by atoms with Gasteiger partial charge in [-0.3, -0.25) is 0 Å². The van der Waals surface area contributed by atoms with Crippen LogP contribution < -0.4 is 5.32 Å². The number of likely N-dealkylation sites (N-methyl/N-ethyl adjacent to an activating group) is 1. The second-order valence-corrected chi connectivity index (χ2v) is 6.75. The first-order valence-electron chi connectivity index (χ1n) is 7.87. The maximum atomic E-state index is 10.8. The summed E-state index contributed by atoms with van der Waals surface area (Å²) in [7, 11) is 1.96. The van der Waals surface area contributed by atoms with Gasteiger partial charge in [0, 0.05) is 18.7 Å². The van der Waals surface area contributed by atoms with Crippen LogP contribution in [-0.4, -0.2) is 46.5 Å². The summed E-state index contributed by atoms with van der Waals surface area (Å²) in [6.45, 7) is 0.811. The molecular formula is C16H25NO5. The molecule has 0 heterocycles. The number of nitrogens with one attached hydrogen (secondary N) is 1. The summed E-state index contributed by atoms with van der Waals surface area (Å²) in [5.41, 5.74) is -0.356. The Bertz CT molecular complexity index is 447. The van der Waals surface area contributed by atoms with Crippen LogP contribution in [-0.2, 0) is 9.59 Å². The molecule has 0 aliphatic heterocycles. The molecular weight excluding hydrogens is 286 g/mol. The van der Waals surface area contributed by atoms with Gasteiger partial charge in [0.25, 0.3) is 0 Å². The van der Waals surface area contributed by atoms with Crippen molar-refractivity contribution in [3.8, 4) is 0 Å². The Labute approximate surface area is 130 Å². The number of carboxylic acid groups (broad SMARTS) is 2. The molecule has 0 aromatic carbocycles. The van der Waals surface area contributed by atoms with Gasteiger partial charge in [-0.2, -0.15) is 0 Å². The maximum absolute atomic E-state index is 10.8. The minimum absolute atomic E-state index is 0.356. The highest BCUT2D eigenvalue weighted by Crippen LogP contribution is 2.59. The molecule has 5 atom stereocenters. The number of fused-ring (bicyclic) bond motifs is 2. The molecule has 3 rings (SSSR count). The molecule has 3 aliphatic rings. The van der Waals surface area contributed by atoms with Gasteiger partial charge in [-0.05, 0) is 62.8 Å². The van der Waals surface area contributed by atoms with Gasteiger partial charge in [-0.15, -0.1) is 0 Å². The van der Waals surface area contributed by atoms with Gasteiger partial charge in [0.05, 0.1) is 5.60 Å². The Morgan fingerprint density at radius 1 is 1.14 bits per heavy atom. The zero-order valence-corrected chi connectivity index (χ0v) is 12.9. The van der Waals surface area contributed by atoms with Crippen molar-refractivity contribution in [2.45, 2.75) is 37.7 Å². The summed E-state index contributed by atoms with van der Waals surface area (Å²) >= 11 is 0. The zero-order valence-electron chi connectivity index (χ0n) is 12.9. The fourth-order valence-electron chi connectivity index (χ4n) is 4.76. The standard InChI is InChI=1S/C12H21NO.C4H4O4/c1-13-7-12(14)10-3-2-9-4-8(5-10)6-11(9)12;5-3(6)1-2-4(7)8/h8-11,13-14H,2-7H2,1H3;1-2H,(H,5,6)(H,7,8)/b;2-1-. The largest absolute Gasteiger partial charge is 0.478 e. The van der Waals surface area contributed by atoms with Gasteiger partial charge < -0.3 is 20.6 Å². The SMILES string of the molecule is CNCC1(O)C2CCC3CC(C2)CC31.O=C(O)/C=C\C(=O)O. The van der Waals surface area contributed by atoms with E-state index in [1.807, 2.05) is 7.05 Å². The maximum Gasteiger partial charge on any atom is 0.328 e. The number of rotatable bonds is 4. The van der Waals surface area contributed by atoms with Crippen LogP contribution in [0.15, 0.2) is 12.2 Å². The molecule has 3 bridgehead atoms. The molecule has 6 heteroatoms. The molecule has 3 aliphatic carbocycles. The van der Waals surface area contributed by atoms with Crippen LogP contribution in [0.3, 0.4) is 0 Å². The van der Waals surface area contributed by atoms with Crippen molar-refractivity contribution in [2.24, 2.45) is 23.7 Å². The normalized spacial score (nSPS) is 38.6. The average Bonchev–Trinajstić information content (AvgIpc) is 2.67. The number of hydrogen-bond acceptors (Lipinski definition) is 4. The van der Waals surface area contributed by atoms with Crippen LogP contribution >= 0.6 is 0 Å². The quantitative estimate of drug-likeness (QED) is 0.579. The molecule has 22 heavy (non-hydrogen) atoms. The summed E-state index contributed by atoms with van der Waals surface area (Å²) in [6.07, 6.45) is 7.79. The van der Waals surface area contributed by atoms with E-state index in [0.717, 1.165) is 18.4 Å². The van der Waals surface area contributed by atoms with Crippen LogP contribution in [0.1, 0.15) is 32.1 Å². The van der Waals surface area contributed by atoms with E-state index < -0.39 is 11.9 Å². The third-order valence-electron chi connectivity index (χ3n) is 5.47. The minimum atomic E-state index is -1.26. The lowest BCUT2D eigenvalue weighted by Crippen LogP contribution is -2.56. The number of hydrogen-bond donors (Lipinski definition) is 4. The zero-order chi connectivity index (χ0) is 16.3. The van der Waals surface area contributed by atoms with Crippen LogP contribution in [0.5, 0.6) is 0 Å². The summed E-state index contributed by atoms with van der Waals surface area (Å²) in [5, 5.41) is 29.6. The molecule has 6 nitrogen and oxygen atoms in total. The van der Waals surface area contributed by atoms with Gasteiger partial charge in [0.1, 0.15) is 0 Å². The third-order valence-corrected chi connectivity index (χ3v) is 5.47. The van der Waals surface area contributed by atoms with Crippen molar-refractivity contribution < 1.29 is 24.9 Å². The lowest BCUT2D eigenvalue weighted by molar-refractivity contribution is -0.134. The summed E-state index contributed by atoms with van der Waals surface area (Å²) in [6, 6.07) is 0. The van der Waals surface area contributed by atoms with E-state index in [-0.39, 0.29) is 5.60 Å². The number of aliphatic hydroxyl groups is 1. The van der Waals surface area contributed by atoms with Crippen molar-refractivity contribution in [1.82, 2.24) is 5.32 Å². The fraction of sp³-hybridized carbons (Fsp3) is 0.750. The smallest absolute Gasteiger partial charge is 0.328 e. The highest BCUT2D eigenvalue weighted by molar-refractivity contribution is 5.89. The molecule has 5 unspecified atom stereocenters. The van der Waals surface area contributed by atoms with Gasteiger partial charge in [-0.1, -0.05) is 0 Å². The lowest BCUT2D eigenvalue weighted by atomic mass is 9.61. The Morgan fingerprint density at radius 2 is 1.77 bits per heavy atom. The molecule has 4 N–H and O–H groups in total. The van der Waals surface area contributed by atoms with Gasteiger partial charge in [0.15, 0.2) is 0 Å². The highest BCUT2D eigenvalue weighted by Gasteiger charge is 2.57. The Morgan fingerprint density at radius 3 is 2.32 bits per heavy atom. The van der Waals surface area contributed by atoms with Crippen molar-refractivity contribution in [3.05, 3.63) is 12.2 Å². The van der Waals surface area contributed by atoms with Crippen LogP contribution in [0.2, 0.25) is 0 Å². The third kappa shape index (κ3) is 3.50. The van der Waals surface area contributed by atoms with Gasteiger partial charge >= 0.3 is 11.9 Å². The van der Waals surface area contributed by atoms with Crippen molar-refractivity contribution in [3.63, 3.8) is 0 Å². The Kier molecular flexibility index (Phi) is 5.24. The van der Waals surface area contributed by atoms with E-state index in [9.17, 15) is 14.7 Å². The van der Waals surface area contributed by atoms with E-state index in [4.69, 9.17) is 10.2 Å². The molecule has 0 spiro atoms. The molecule has 3 fully saturated rings. The van der Waals surface area contributed by atoms with Crippen LogP contribution in [0, 0.1) is 23.7 Å². The molecule has 0 saturated heterocycles. The molecule has 0 aromatic heterocycles. The molecule has 3 saturated carbocycles. The summed E-state index contributed by atoms with van der Waals surface area (Å²) in [5.74, 6) is 0.497. The van der Waals surface area contributed by atoms with E-state index in [1.54, 1.807) is 0 Å². The monoisotopic (exact) mass is 311 g/mol. The predicted octanol–water partition coefficient (Wildman–Crippen LogP) is 1.10. The first-order valence-corrected chi connectivity index (χ1v) is 7.87. The number of aliphatic carboxylic acids is 2. The lowest BCUT2D eigenvalue weighted by Gasteiger charge is -2.49. The Balaban J connectivity index is 0.000000192. The van der Waals surface area contributed by atoms with E-state index >= 15 is 0 Å². The predicted molar refractivity (Wildman–Crippen MR) is 80.3 cm³/mol. The Hall–Kier alpha value is -1.40. The molecule has 0 aromatic rings. The topological polar surface area (TPSA) is 107 Å². The highest BCUT2D eigenvalue weighted by atomic mass is 16.4. The van der Waals surface area contributed by atoms with Crippen LogP contribution in [0.4, 0.5) is 0 Å². The molecule has 124 valence electrons. The summed E-state index contributed by atoms with van der Waals surface area (Å²) in [4.78, 5) is 19.1. The van der Waals surface area contributed by atoms with Gasteiger partial charge in [-0.25, -0.2) is 9.59 Å². The van der Waals surface area contributed by atoms with E-state index in [0.29, 0.717) is 24.0 Å². The molecule has 0 amide bonds. The second kappa shape index (κ2) is 6.79. The number of carbonyl (C=O) groups is 2. The molecule has 0 radical (unpaired) electrons. The summed E-state index contributed by atoms with van der Waals surface area (Å²) < 4.78 is 0. The fourth-order valence-corrected chi connectivity index (χ4v) is 4.76.